The third-order valence-corrected chi connectivity index (χ3v) is 3.70. The van der Waals surface area contributed by atoms with Crippen LogP contribution in [-0.2, 0) is 14.3 Å². The molecule has 1 atom stereocenters. The summed E-state index contributed by atoms with van der Waals surface area (Å²) in [6.07, 6.45) is 1.20. The smallest absolute Gasteiger partial charge is 0.249 e. The van der Waals surface area contributed by atoms with Crippen molar-refractivity contribution >= 4 is 33.4 Å². The quantitative estimate of drug-likeness (QED) is 0.880. The third-order valence-electron chi connectivity index (χ3n) is 3.04. The number of nitrogens with one attached hydrogen (secondary N) is 2. The van der Waals surface area contributed by atoms with Crippen LogP contribution in [0, 0.1) is 6.92 Å². The SMILES string of the molecule is Cc1ccc(NC(=O)CNC(=O)C2CCCO2)c(Br)c1. The van der Waals surface area contributed by atoms with Gasteiger partial charge in [-0.3, -0.25) is 9.59 Å². The number of rotatable bonds is 4. The molecule has 1 unspecified atom stereocenters. The zero-order valence-electron chi connectivity index (χ0n) is 11.2. The fraction of sp³-hybridized carbons (Fsp3) is 0.429. The van der Waals surface area contributed by atoms with Gasteiger partial charge < -0.3 is 15.4 Å². The zero-order valence-corrected chi connectivity index (χ0v) is 12.8. The lowest BCUT2D eigenvalue weighted by atomic mass is 10.2. The molecule has 1 aliphatic heterocycles. The van der Waals surface area contributed by atoms with Crippen molar-refractivity contribution in [1.82, 2.24) is 5.32 Å². The fourth-order valence-electron chi connectivity index (χ4n) is 1.98. The first-order valence-corrected chi connectivity index (χ1v) is 7.31. The Hall–Kier alpha value is -1.40. The number of aryl methyl sites for hydroxylation is 1. The Bertz CT molecular complexity index is 513. The average molecular weight is 341 g/mol. The van der Waals surface area contributed by atoms with Crippen molar-refractivity contribution in [2.45, 2.75) is 25.9 Å². The molecule has 2 amide bonds. The van der Waals surface area contributed by atoms with Gasteiger partial charge in [0.2, 0.25) is 11.8 Å². The maximum Gasteiger partial charge on any atom is 0.249 e. The predicted molar refractivity (Wildman–Crippen MR) is 79.5 cm³/mol. The summed E-state index contributed by atoms with van der Waals surface area (Å²) < 4.78 is 6.06. The predicted octanol–water partition coefficient (Wildman–Crippen LogP) is 1.99. The molecule has 2 rings (SSSR count). The molecule has 0 aliphatic carbocycles. The lowest BCUT2D eigenvalue weighted by Crippen LogP contribution is -2.39. The van der Waals surface area contributed by atoms with Crippen LogP contribution in [0.1, 0.15) is 18.4 Å². The summed E-state index contributed by atoms with van der Waals surface area (Å²) in [5, 5.41) is 5.33. The maximum atomic E-state index is 11.8. The van der Waals surface area contributed by atoms with E-state index >= 15 is 0 Å². The second-order valence-electron chi connectivity index (χ2n) is 4.75. The van der Waals surface area contributed by atoms with Crippen LogP contribution in [0.5, 0.6) is 0 Å². The van der Waals surface area contributed by atoms with E-state index in [0.717, 1.165) is 22.9 Å². The molecular formula is C14H17BrN2O3. The summed E-state index contributed by atoms with van der Waals surface area (Å²) in [5.74, 6) is -0.485. The van der Waals surface area contributed by atoms with Gasteiger partial charge in [-0.05, 0) is 53.4 Å². The molecule has 5 nitrogen and oxygen atoms in total. The summed E-state index contributed by atoms with van der Waals surface area (Å²) in [4.78, 5) is 23.5. The highest BCUT2D eigenvalue weighted by molar-refractivity contribution is 9.10. The zero-order chi connectivity index (χ0) is 14.5. The van der Waals surface area contributed by atoms with Gasteiger partial charge in [-0.2, -0.15) is 0 Å². The average Bonchev–Trinajstić information content (AvgIpc) is 2.93. The number of carbonyl (C=O) groups is 2. The first-order chi connectivity index (χ1) is 9.56. The monoisotopic (exact) mass is 340 g/mol. The number of halogens is 1. The molecule has 1 aromatic carbocycles. The van der Waals surface area contributed by atoms with Gasteiger partial charge in [-0.1, -0.05) is 6.07 Å². The summed E-state index contributed by atoms with van der Waals surface area (Å²) in [6.45, 7) is 2.53. The van der Waals surface area contributed by atoms with Gasteiger partial charge in [0.25, 0.3) is 0 Å². The molecule has 6 heteroatoms. The fourth-order valence-corrected chi connectivity index (χ4v) is 2.57. The van der Waals surface area contributed by atoms with E-state index < -0.39 is 6.10 Å². The van der Waals surface area contributed by atoms with E-state index in [1.165, 1.54) is 0 Å². The number of amides is 2. The van der Waals surface area contributed by atoms with Gasteiger partial charge in [0, 0.05) is 11.1 Å². The molecule has 108 valence electrons. The summed E-state index contributed by atoms with van der Waals surface area (Å²) >= 11 is 3.39. The normalized spacial score (nSPS) is 17.8. The van der Waals surface area contributed by atoms with Gasteiger partial charge in [0.1, 0.15) is 6.10 Å². The Morgan fingerprint density at radius 1 is 1.45 bits per heavy atom. The highest BCUT2D eigenvalue weighted by atomic mass is 79.9. The minimum absolute atomic E-state index is 0.0565. The molecule has 0 spiro atoms. The van der Waals surface area contributed by atoms with E-state index in [4.69, 9.17) is 4.74 Å². The number of ether oxygens (including phenoxy) is 1. The summed E-state index contributed by atoms with van der Waals surface area (Å²) in [7, 11) is 0. The molecule has 0 aromatic heterocycles. The van der Waals surface area contributed by atoms with Gasteiger partial charge in [0.15, 0.2) is 0 Å². The number of carbonyl (C=O) groups excluding carboxylic acids is 2. The number of hydrogen-bond acceptors (Lipinski definition) is 3. The molecule has 2 N–H and O–H groups in total. The Kier molecular flexibility index (Phi) is 5.14. The number of anilines is 1. The Morgan fingerprint density at radius 3 is 2.90 bits per heavy atom. The van der Waals surface area contributed by atoms with Gasteiger partial charge in [-0.25, -0.2) is 0 Å². The van der Waals surface area contributed by atoms with Crippen LogP contribution in [0.4, 0.5) is 5.69 Å². The molecule has 1 saturated heterocycles. The lowest BCUT2D eigenvalue weighted by Gasteiger charge is -2.11. The van der Waals surface area contributed by atoms with Crippen LogP contribution in [0.25, 0.3) is 0 Å². The first-order valence-electron chi connectivity index (χ1n) is 6.51. The van der Waals surface area contributed by atoms with Crippen molar-refractivity contribution < 1.29 is 14.3 Å². The highest BCUT2D eigenvalue weighted by Gasteiger charge is 2.23. The van der Waals surface area contributed by atoms with Crippen molar-refractivity contribution in [2.75, 3.05) is 18.5 Å². The molecule has 1 aromatic rings. The van der Waals surface area contributed by atoms with Crippen LogP contribution in [0.3, 0.4) is 0 Å². The molecule has 0 bridgehead atoms. The maximum absolute atomic E-state index is 11.8. The molecule has 1 fully saturated rings. The van der Waals surface area contributed by atoms with Crippen LogP contribution in [0.15, 0.2) is 22.7 Å². The number of hydrogen-bond donors (Lipinski definition) is 2. The Labute approximate surface area is 126 Å². The van der Waals surface area contributed by atoms with Crippen LogP contribution < -0.4 is 10.6 Å². The van der Waals surface area contributed by atoms with Crippen molar-refractivity contribution in [2.24, 2.45) is 0 Å². The minimum Gasteiger partial charge on any atom is -0.368 e. The van der Waals surface area contributed by atoms with Gasteiger partial charge >= 0.3 is 0 Å². The van der Waals surface area contributed by atoms with E-state index in [9.17, 15) is 9.59 Å². The van der Waals surface area contributed by atoms with E-state index in [2.05, 4.69) is 26.6 Å². The van der Waals surface area contributed by atoms with Crippen LogP contribution in [-0.4, -0.2) is 31.1 Å². The molecule has 20 heavy (non-hydrogen) atoms. The van der Waals surface area contributed by atoms with Crippen LogP contribution >= 0.6 is 15.9 Å². The first kappa shape index (κ1) is 15.0. The second-order valence-corrected chi connectivity index (χ2v) is 5.61. The number of benzene rings is 1. The van der Waals surface area contributed by atoms with Crippen molar-refractivity contribution in [3.8, 4) is 0 Å². The summed E-state index contributed by atoms with van der Waals surface area (Å²) in [6, 6.07) is 5.64. The Balaban J connectivity index is 1.81. The van der Waals surface area contributed by atoms with Gasteiger partial charge in [-0.15, -0.1) is 0 Å². The Morgan fingerprint density at radius 2 is 2.25 bits per heavy atom. The van der Waals surface area contributed by atoms with Gasteiger partial charge in [0.05, 0.1) is 12.2 Å². The van der Waals surface area contributed by atoms with E-state index in [-0.39, 0.29) is 18.4 Å². The van der Waals surface area contributed by atoms with Crippen molar-refractivity contribution in [3.63, 3.8) is 0 Å². The summed E-state index contributed by atoms with van der Waals surface area (Å²) in [5.41, 5.74) is 1.79. The van der Waals surface area contributed by atoms with Crippen LogP contribution in [0.2, 0.25) is 0 Å². The van der Waals surface area contributed by atoms with E-state index in [0.29, 0.717) is 12.3 Å². The molecule has 1 aliphatic rings. The topological polar surface area (TPSA) is 67.4 Å². The van der Waals surface area contributed by atoms with E-state index in [1.807, 2.05) is 25.1 Å². The minimum atomic E-state index is -0.408. The second kappa shape index (κ2) is 6.85. The molecule has 1 heterocycles. The molecule has 0 saturated carbocycles. The highest BCUT2D eigenvalue weighted by Crippen LogP contribution is 2.23. The lowest BCUT2D eigenvalue weighted by molar-refractivity contribution is -0.131. The molecule has 0 radical (unpaired) electrons. The third kappa shape index (κ3) is 4.05. The standard InChI is InChI=1S/C14H17BrN2O3/c1-9-4-5-11(10(15)7-9)17-13(18)8-16-14(19)12-3-2-6-20-12/h4-5,7,12H,2-3,6,8H2,1H3,(H,16,19)(H,17,18). The van der Waals surface area contributed by atoms with E-state index in [1.54, 1.807) is 0 Å². The van der Waals surface area contributed by atoms with Crippen molar-refractivity contribution in [1.29, 1.82) is 0 Å². The largest absolute Gasteiger partial charge is 0.368 e. The molecular weight excluding hydrogens is 324 g/mol. The van der Waals surface area contributed by atoms with Crippen molar-refractivity contribution in [3.05, 3.63) is 28.2 Å².